The Bertz CT molecular complexity index is 152. The largest absolute Gasteiger partial charge is 0.481 e. The van der Waals surface area contributed by atoms with Gasteiger partial charge in [-0.2, -0.15) is 0 Å². The summed E-state index contributed by atoms with van der Waals surface area (Å²) in [5, 5.41) is 8.27. The van der Waals surface area contributed by atoms with Crippen molar-refractivity contribution >= 4 is 11.9 Å². The molecule has 0 saturated heterocycles. The van der Waals surface area contributed by atoms with Crippen LogP contribution in [0.5, 0.6) is 0 Å². The summed E-state index contributed by atoms with van der Waals surface area (Å²) in [5.41, 5.74) is 0. The van der Waals surface area contributed by atoms with Crippen LogP contribution in [0.1, 0.15) is 19.8 Å². The van der Waals surface area contributed by atoms with Crippen LogP contribution >= 0.6 is 0 Å². The van der Waals surface area contributed by atoms with E-state index in [1.807, 2.05) is 0 Å². The van der Waals surface area contributed by atoms with Crippen molar-refractivity contribution in [2.45, 2.75) is 19.8 Å². The first-order valence-electron chi connectivity index (χ1n) is 3.08. The summed E-state index contributed by atoms with van der Waals surface area (Å²) in [4.78, 5) is 19.7. The van der Waals surface area contributed by atoms with Crippen LogP contribution < -0.4 is 0 Å². The van der Waals surface area contributed by atoms with E-state index >= 15 is 0 Å². The molecule has 0 spiro atoms. The van der Waals surface area contributed by atoms with E-state index in [1.165, 1.54) is 6.08 Å². The van der Waals surface area contributed by atoms with Gasteiger partial charge in [0, 0.05) is 12.5 Å². The summed E-state index contributed by atoms with van der Waals surface area (Å²) in [6.45, 7) is 1.78. The molecule has 0 bridgehead atoms. The van der Waals surface area contributed by atoms with Gasteiger partial charge in [0.25, 0.3) is 0 Å². The lowest BCUT2D eigenvalue weighted by molar-refractivity contribution is -0.137. The second kappa shape index (κ2) is 4.77. The van der Waals surface area contributed by atoms with Crippen molar-refractivity contribution in [1.82, 2.24) is 0 Å². The Kier molecular flexibility index (Phi) is 4.25. The fourth-order valence-electron chi connectivity index (χ4n) is 0.631. The molecule has 0 aliphatic heterocycles. The zero-order chi connectivity index (χ0) is 7.98. The molecule has 1 unspecified atom stereocenters. The highest BCUT2D eigenvalue weighted by atomic mass is 16.4. The summed E-state index contributed by atoms with van der Waals surface area (Å²) < 4.78 is 0. The molecule has 56 valence electrons. The van der Waals surface area contributed by atoms with Crippen LogP contribution in [-0.4, -0.2) is 17.0 Å². The minimum absolute atomic E-state index is 0.0268. The molecule has 0 saturated carbocycles. The SMILES string of the molecule is CC(CC=C=O)CC(=O)O. The number of hydrogen-bond donors (Lipinski definition) is 1. The van der Waals surface area contributed by atoms with Crippen LogP contribution in [0.2, 0.25) is 0 Å². The first-order chi connectivity index (χ1) is 4.66. The van der Waals surface area contributed by atoms with Gasteiger partial charge in [0.2, 0.25) is 0 Å². The van der Waals surface area contributed by atoms with Crippen molar-refractivity contribution in [3.05, 3.63) is 6.08 Å². The Balaban J connectivity index is 3.52. The highest BCUT2D eigenvalue weighted by Gasteiger charge is 2.04. The van der Waals surface area contributed by atoms with Gasteiger partial charge in [0.1, 0.15) is 5.94 Å². The highest BCUT2D eigenvalue weighted by Crippen LogP contribution is 2.06. The van der Waals surface area contributed by atoms with Gasteiger partial charge >= 0.3 is 5.97 Å². The maximum atomic E-state index is 10.1. The molecule has 0 amide bonds. The lowest BCUT2D eigenvalue weighted by Gasteiger charge is -2.01. The van der Waals surface area contributed by atoms with Gasteiger partial charge in [-0.25, -0.2) is 4.79 Å². The van der Waals surface area contributed by atoms with Crippen LogP contribution in [0.3, 0.4) is 0 Å². The van der Waals surface area contributed by atoms with Crippen molar-refractivity contribution < 1.29 is 14.7 Å². The number of carboxylic acids is 1. The zero-order valence-electron chi connectivity index (χ0n) is 5.83. The Labute approximate surface area is 59.4 Å². The minimum Gasteiger partial charge on any atom is -0.481 e. The van der Waals surface area contributed by atoms with Crippen LogP contribution in [0.15, 0.2) is 6.08 Å². The van der Waals surface area contributed by atoms with E-state index in [9.17, 15) is 9.59 Å². The van der Waals surface area contributed by atoms with E-state index in [2.05, 4.69) is 0 Å². The Hall–Kier alpha value is -1.08. The third-order valence-electron chi connectivity index (χ3n) is 1.13. The molecule has 3 nitrogen and oxygen atoms in total. The van der Waals surface area contributed by atoms with Gasteiger partial charge in [-0.3, -0.25) is 4.79 Å². The number of allylic oxidation sites excluding steroid dienone is 1. The standard InChI is InChI=1S/C7H10O3/c1-6(3-2-4-8)5-7(9)10/h2,6H,3,5H2,1H3,(H,9,10). The maximum absolute atomic E-state index is 10.1. The van der Waals surface area contributed by atoms with Crippen molar-refractivity contribution in [3.8, 4) is 0 Å². The average molecular weight is 142 g/mol. The first kappa shape index (κ1) is 8.92. The van der Waals surface area contributed by atoms with Crippen LogP contribution in [0.4, 0.5) is 0 Å². The molecule has 0 aliphatic rings. The molecule has 0 fully saturated rings. The third kappa shape index (κ3) is 5.06. The van der Waals surface area contributed by atoms with E-state index in [-0.39, 0.29) is 12.3 Å². The Morgan fingerprint density at radius 1 is 1.80 bits per heavy atom. The molecule has 1 N–H and O–H groups in total. The van der Waals surface area contributed by atoms with Gasteiger partial charge in [-0.15, -0.1) is 0 Å². The van der Waals surface area contributed by atoms with Crippen molar-refractivity contribution in [2.75, 3.05) is 0 Å². The van der Waals surface area contributed by atoms with Crippen LogP contribution in [-0.2, 0) is 9.59 Å². The van der Waals surface area contributed by atoms with E-state index < -0.39 is 5.97 Å². The molecular formula is C7H10O3. The fourth-order valence-corrected chi connectivity index (χ4v) is 0.631. The lowest BCUT2D eigenvalue weighted by Crippen LogP contribution is -2.02. The molecular weight excluding hydrogens is 132 g/mol. The summed E-state index contributed by atoms with van der Waals surface area (Å²) in [7, 11) is 0. The third-order valence-corrected chi connectivity index (χ3v) is 1.13. The number of rotatable bonds is 4. The Morgan fingerprint density at radius 2 is 2.40 bits per heavy atom. The summed E-state index contributed by atoms with van der Waals surface area (Å²) in [6.07, 6.45) is 1.92. The van der Waals surface area contributed by atoms with E-state index in [1.54, 1.807) is 12.9 Å². The average Bonchev–Trinajstić information content (AvgIpc) is 1.82. The minimum atomic E-state index is -0.827. The number of carbonyl (C=O) groups is 1. The predicted octanol–water partition coefficient (Wildman–Crippen LogP) is 0.875. The van der Waals surface area contributed by atoms with E-state index in [4.69, 9.17) is 5.11 Å². The first-order valence-corrected chi connectivity index (χ1v) is 3.08. The quantitative estimate of drug-likeness (QED) is 0.592. The van der Waals surface area contributed by atoms with Gasteiger partial charge in [-0.05, 0) is 12.3 Å². The molecule has 0 heterocycles. The van der Waals surface area contributed by atoms with Gasteiger partial charge in [0.05, 0.1) is 0 Å². The number of carbonyl (C=O) groups excluding carboxylic acids is 1. The molecule has 10 heavy (non-hydrogen) atoms. The van der Waals surface area contributed by atoms with Gasteiger partial charge in [0.15, 0.2) is 0 Å². The second-order valence-electron chi connectivity index (χ2n) is 2.26. The highest BCUT2D eigenvalue weighted by molar-refractivity contribution is 5.67. The number of aliphatic carboxylic acids is 1. The topological polar surface area (TPSA) is 54.4 Å². The monoisotopic (exact) mass is 142 g/mol. The molecule has 0 radical (unpaired) electrons. The summed E-state index contributed by atoms with van der Waals surface area (Å²) >= 11 is 0. The normalized spacial score (nSPS) is 11.7. The maximum Gasteiger partial charge on any atom is 0.303 e. The summed E-state index contributed by atoms with van der Waals surface area (Å²) in [5.74, 6) is 0.804. The molecule has 1 atom stereocenters. The summed E-state index contributed by atoms with van der Waals surface area (Å²) in [6, 6.07) is 0. The lowest BCUT2D eigenvalue weighted by atomic mass is 10.0. The molecule has 0 aromatic carbocycles. The van der Waals surface area contributed by atoms with Crippen LogP contribution in [0, 0.1) is 5.92 Å². The fraction of sp³-hybridized carbons (Fsp3) is 0.571. The van der Waals surface area contributed by atoms with Gasteiger partial charge in [-0.1, -0.05) is 6.92 Å². The molecule has 0 aliphatic carbocycles. The van der Waals surface area contributed by atoms with Gasteiger partial charge < -0.3 is 5.11 Å². The molecule has 0 rings (SSSR count). The second-order valence-corrected chi connectivity index (χ2v) is 2.26. The van der Waals surface area contributed by atoms with Crippen molar-refractivity contribution in [2.24, 2.45) is 5.92 Å². The van der Waals surface area contributed by atoms with E-state index in [0.29, 0.717) is 6.42 Å². The number of hydrogen-bond acceptors (Lipinski definition) is 2. The van der Waals surface area contributed by atoms with Crippen LogP contribution in [0.25, 0.3) is 0 Å². The zero-order valence-corrected chi connectivity index (χ0v) is 5.83. The smallest absolute Gasteiger partial charge is 0.303 e. The number of carboxylic acid groups (broad SMARTS) is 1. The predicted molar refractivity (Wildman–Crippen MR) is 36.3 cm³/mol. The van der Waals surface area contributed by atoms with E-state index in [0.717, 1.165) is 0 Å². The van der Waals surface area contributed by atoms with Crippen molar-refractivity contribution in [1.29, 1.82) is 0 Å². The molecule has 0 aromatic rings. The molecule has 0 aromatic heterocycles. The molecule has 3 heteroatoms. The Morgan fingerprint density at radius 3 is 2.80 bits per heavy atom. The van der Waals surface area contributed by atoms with Crippen molar-refractivity contribution in [3.63, 3.8) is 0 Å².